The highest BCUT2D eigenvalue weighted by Crippen LogP contribution is 2.25. The number of hydrogen-bond acceptors (Lipinski definition) is 1. The van der Waals surface area contributed by atoms with Crippen molar-refractivity contribution < 1.29 is 4.79 Å². The van der Waals surface area contributed by atoms with Gasteiger partial charge in [0.2, 0.25) is 0 Å². The van der Waals surface area contributed by atoms with Crippen molar-refractivity contribution in [2.24, 2.45) is 0 Å². The molecule has 1 nitrogen and oxygen atoms in total. The minimum absolute atomic E-state index is 0.0654. The molecule has 0 unspecified atom stereocenters. The van der Waals surface area contributed by atoms with Gasteiger partial charge in [0.1, 0.15) is 0 Å². The van der Waals surface area contributed by atoms with Gasteiger partial charge in [0.05, 0.1) is 10.6 Å². The lowest BCUT2D eigenvalue weighted by atomic mass is 10.1. The molecule has 1 aromatic rings. The van der Waals surface area contributed by atoms with Gasteiger partial charge in [-0.2, -0.15) is 0 Å². The molecule has 0 amide bonds. The molecule has 0 fully saturated rings. The standard InChI is InChI=1S/C11H10BrClO/c1-2-3-7-10(14)11-8(12)5-4-6-9(11)13/h3-7H,2H2,1H3/b7-3+. The monoisotopic (exact) mass is 272 g/mol. The molecule has 0 aromatic heterocycles. The van der Waals surface area contributed by atoms with Gasteiger partial charge in [-0.05, 0) is 40.6 Å². The summed E-state index contributed by atoms with van der Waals surface area (Å²) in [6.45, 7) is 1.98. The fourth-order valence-electron chi connectivity index (χ4n) is 1.04. The SMILES string of the molecule is CC/C=C/C(=O)c1c(Cl)cccc1Br. The summed E-state index contributed by atoms with van der Waals surface area (Å²) < 4.78 is 0.732. The van der Waals surface area contributed by atoms with Gasteiger partial charge in [0.15, 0.2) is 5.78 Å². The van der Waals surface area contributed by atoms with E-state index in [0.29, 0.717) is 10.6 Å². The van der Waals surface area contributed by atoms with E-state index >= 15 is 0 Å². The maximum Gasteiger partial charge on any atom is 0.188 e. The van der Waals surface area contributed by atoms with Crippen molar-refractivity contribution in [3.8, 4) is 0 Å². The average Bonchev–Trinajstić information content (AvgIpc) is 2.14. The molecule has 0 heterocycles. The number of halogens is 2. The van der Waals surface area contributed by atoms with E-state index in [1.54, 1.807) is 24.3 Å². The molecule has 0 N–H and O–H groups in total. The number of carbonyl (C=O) groups excluding carboxylic acids is 1. The van der Waals surface area contributed by atoms with E-state index in [9.17, 15) is 4.79 Å². The lowest BCUT2D eigenvalue weighted by molar-refractivity contribution is 0.104. The number of hydrogen-bond donors (Lipinski definition) is 0. The van der Waals surface area contributed by atoms with Crippen LogP contribution < -0.4 is 0 Å². The van der Waals surface area contributed by atoms with E-state index in [-0.39, 0.29) is 5.78 Å². The first kappa shape index (κ1) is 11.5. The molecular weight excluding hydrogens is 263 g/mol. The highest BCUT2D eigenvalue weighted by Gasteiger charge is 2.10. The summed E-state index contributed by atoms with van der Waals surface area (Å²) in [4.78, 5) is 11.6. The van der Waals surface area contributed by atoms with Crippen molar-refractivity contribution in [1.29, 1.82) is 0 Å². The summed E-state index contributed by atoms with van der Waals surface area (Å²) >= 11 is 9.22. The van der Waals surface area contributed by atoms with Gasteiger partial charge in [0, 0.05) is 4.47 Å². The van der Waals surface area contributed by atoms with Gasteiger partial charge in [-0.1, -0.05) is 30.7 Å². The van der Waals surface area contributed by atoms with Crippen LogP contribution in [0.5, 0.6) is 0 Å². The molecule has 0 bridgehead atoms. The molecule has 0 saturated carbocycles. The van der Waals surface area contributed by atoms with E-state index < -0.39 is 0 Å². The normalized spacial score (nSPS) is 10.8. The third kappa shape index (κ3) is 2.69. The highest BCUT2D eigenvalue weighted by molar-refractivity contribution is 9.10. The topological polar surface area (TPSA) is 17.1 Å². The Morgan fingerprint density at radius 1 is 1.57 bits per heavy atom. The van der Waals surface area contributed by atoms with Crippen molar-refractivity contribution in [2.75, 3.05) is 0 Å². The lowest BCUT2D eigenvalue weighted by Gasteiger charge is -2.02. The number of benzene rings is 1. The average molecular weight is 274 g/mol. The van der Waals surface area contributed by atoms with Crippen molar-refractivity contribution >= 4 is 33.3 Å². The van der Waals surface area contributed by atoms with Crippen LogP contribution >= 0.6 is 27.5 Å². The minimum atomic E-state index is -0.0654. The second-order valence-electron chi connectivity index (χ2n) is 2.77. The summed E-state index contributed by atoms with van der Waals surface area (Å²) in [6, 6.07) is 5.31. The van der Waals surface area contributed by atoms with Crippen LogP contribution in [0.15, 0.2) is 34.8 Å². The zero-order chi connectivity index (χ0) is 10.6. The van der Waals surface area contributed by atoms with Crippen LogP contribution in [0.2, 0.25) is 5.02 Å². The van der Waals surface area contributed by atoms with Crippen molar-refractivity contribution in [2.45, 2.75) is 13.3 Å². The summed E-state index contributed by atoms with van der Waals surface area (Å²) in [6.07, 6.45) is 4.21. The largest absolute Gasteiger partial charge is 0.289 e. The minimum Gasteiger partial charge on any atom is -0.289 e. The molecule has 0 radical (unpaired) electrons. The Balaban J connectivity index is 3.06. The van der Waals surface area contributed by atoms with Gasteiger partial charge < -0.3 is 0 Å². The van der Waals surface area contributed by atoms with Crippen LogP contribution in [0.1, 0.15) is 23.7 Å². The smallest absolute Gasteiger partial charge is 0.188 e. The Hall–Kier alpha value is -0.600. The molecule has 0 spiro atoms. The number of rotatable bonds is 3. The third-order valence-corrected chi connectivity index (χ3v) is 2.69. The second-order valence-corrected chi connectivity index (χ2v) is 4.03. The first-order valence-corrected chi connectivity index (χ1v) is 5.48. The molecular formula is C11H10BrClO. The van der Waals surface area contributed by atoms with E-state index in [0.717, 1.165) is 10.9 Å². The molecule has 1 rings (SSSR count). The molecule has 0 aliphatic rings. The number of ketones is 1. The van der Waals surface area contributed by atoms with E-state index in [1.165, 1.54) is 0 Å². The van der Waals surface area contributed by atoms with Gasteiger partial charge in [0.25, 0.3) is 0 Å². The predicted molar refractivity (Wildman–Crippen MR) is 62.9 cm³/mol. The number of carbonyl (C=O) groups is 1. The van der Waals surface area contributed by atoms with Crippen molar-refractivity contribution in [1.82, 2.24) is 0 Å². The van der Waals surface area contributed by atoms with Crippen LogP contribution in [-0.2, 0) is 0 Å². The fraction of sp³-hybridized carbons (Fsp3) is 0.182. The van der Waals surface area contributed by atoms with Gasteiger partial charge >= 0.3 is 0 Å². The Labute approximate surface area is 96.9 Å². The van der Waals surface area contributed by atoms with Crippen LogP contribution in [-0.4, -0.2) is 5.78 Å². The Kier molecular flexibility index (Phi) is 4.36. The van der Waals surface area contributed by atoms with Gasteiger partial charge in [-0.15, -0.1) is 0 Å². The highest BCUT2D eigenvalue weighted by atomic mass is 79.9. The van der Waals surface area contributed by atoms with Crippen molar-refractivity contribution in [3.05, 3.63) is 45.4 Å². The first-order valence-electron chi connectivity index (χ1n) is 4.31. The molecule has 0 aliphatic heterocycles. The Morgan fingerprint density at radius 2 is 2.29 bits per heavy atom. The molecule has 1 aromatic carbocycles. The van der Waals surface area contributed by atoms with Gasteiger partial charge in [-0.25, -0.2) is 0 Å². The lowest BCUT2D eigenvalue weighted by Crippen LogP contribution is -1.96. The maximum absolute atomic E-state index is 11.6. The molecule has 74 valence electrons. The van der Waals surface area contributed by atoms with Crippen molar-refractivity contribution in [3.63, 3.8) is 0 Å². The Bertz CT molecular complexity index is 351. The second kappa shape index (κ2) is 5.32. The zero-order valence-electron chi connectivity index (χ0n) is 7.76. The maximum atomic E-state index is 11.6. The molecule has 0 saturated heterocycles. The third-order valence-electron chi connectivity index (χ3n) is 1.71. The van der Waals surface area contributed by atoms with Gasteiger partial charge in [-0.3, -0.25) is 4.79 Å². The molecule has 0 atom stereocenters. The first-order chi connectivity index (χ1) is 6.66. The molecule has 14 heavy (non-hydrogen) atoms. The van der Waals surface area contributed by atoms with E-state index in [4.69, 9.17) is 11.6 Å². The fourth-order valence-corrected chi connectivity index (χ4v) is 1.98. The van der Waals surface area contributed by atoms with E-state index in [2.05, 4.69) is 15.9 Å². The Morgan fingerprint density at radius 3 is 2.86 bits per heavy atom. The zero-order valence-corrected chi connectivity index (χ0v) is 10.1. The van der Waals surface area contributed by atoms with Crippen LogP contribution in [0.25, 0.3) is 0 Å². The van der Waals surface area contributed by atoms with Crippen LogP contribution in [0.4, 0.5) is 0 Å². The van der Waals surface area contributed by atoms with Crippen LogP contribution in [0.3, 0.4) is 0 Å². The summed E-state index contributed by atoms with van der Waals surface area (Å²) in [5.41, 5.74) is 0.527. The number of allylic oxidation sites excluding steroid dienone is 2. The summed E-state index contributed by atoms with van der Waals surface area (Å²) in [5, 5.41) is 0.477. The van der Waals surface area contributed by atoms with E-state index in [1.807, 2.05) is 13.0 Å². The predicted octanol–water partition coefficient (Wildman–Crippen LogP) is 4.25. The summed E-state index contributed by atoms with van der Waals surface area (Å²) in [5.74, 6) is -0.0654. The molecule has 0 aliphatic carbocycles. The quantitative estimate of drug-likeness (QED) is 0.594. The van der Waals surface area contributed by atoms with Crippen LogP contribution in [0, 0.1) is 0 Å². The molecule has 3 heteroatoms. The summed E-state index contributed by atoms with van der Waals surface area (Å²) in [7, 11) is 0.